The van der Waals surface area contributed by atoms with Gasteiger partial charge in [-0.05, 0) is 31.5 Å². The van der Waals surface area contributed by atoms with Crippen LogP contribution in [0.2, 0.25) is 10.0 Å². The van der Waals surface area contributed by atoms with Gasteiger partial charge in [-0.1, -0.05) is 29.3 Å². The van der Waals surface area contributed by atoms with Crippen molar-refractivity contribution >= 4 is 56.8 Å². The van der Waals surface area contributed by atoms with Crippen molar-refractivity contribution in [2.24, 2.45) is 5.10 Å². The van der Waals surface area contributed by atoms with E-state index >= 15 is 0 Å². The Labute approximate surface area is 141 Å². The SMILES string of the molecule is Cc1sc2ncnc(N/N=C\c3c(Cl)cccc3Cl)c2c1C. The van der Waals surface area contributed by atoms with E-state index in [9.17, 15) is 0 Å². The second kappa shape index (κ2) is 6.20. The molecule has 0 aliphatic rings. The fourth-order valence-corrected chi connectivity index (χ4v) is 3.55. The maximum Gasteiger partial charge on any atom is 0.158 e. The number of halogens is 2. The van der Waals surface area contributed by atoms with Gasteiger partial charge < -0.3 is 0 Å². The standard InChI is InChI=1S/C15H12Cl2N4S/c1-8-9(2)22-15-13(8)14(18-7-19-15)21-20-6-10-11(16)4-3-5-12(10)17/h3-7H,1-2H3,(H,18,19,21)/b20-6-. The normalized spacial score (nSPS) is 11.5. The van der Waals surface area contributed by atoms with E-state index < -0.39 is 0 Å². The van der Waals surface area contributed by atoms with Crippen molar-refractivity contribution in [1.29, 1.82) is 0 Å². The van der Waals surface area contributed by atoms with Gasteiger partial charge in [-0.15, -0.1) is 11.3 Å². The number of hydrogen-bond donors (Lipinski definition) is 1. The number of aromatic nitrogens is 2. The number of hydrogen-bond acceptors (Lipinski definition) is 5. The van der Waals surface area contributed by atoms with Gasteiger partial charge in [0, 0.05) is 10.4 Å². The van der Waals surface area contributed by atoms with E-state index in [4.69, 9.17) is 23.2 Å². The molecule has 2 heterocycles. The van der Waals surface area contributed by atoms with Crippen LogP contribution in [0.25, 0.3) is 10.2 Å². The van der Waals surface area contributed by atoms with E-state index in [1.165, 1.54) is 11.2 Å². The Morgan fingerprint density at radius 1 is 1.18 bits per heavy atom. The summed E-state index contributed by atoms with van der Waals surface area (Å²) >= 11 is 13.9. The molecule has 0 saturated heterocycles. The smallest absolute Gasteiger partial charge is 0.158 e. The molecule has 0 unspecified atom stereocenters. The van der Waals surface area contributed by atoms with Gasteiger partial charge in [-0.3, -0.25) is 5.43 Å². The molecule has 0 fully saturated rings. The molecular weight excluding hydrogens is 339 g/mol. The van der Waals surface area contributed by atoms with Crippen LogP contribution in [0.3, 0.4) is 0 Å². The average Bonchev–Trinajstić information content (AvgIpc) is 2.78. The lowest BCUT2D eigenvalue weighted by molar-refractivity contribution is 1.19. The summed E-state index contributed by atoms with van der Waals surface area (Å²) in [5, 5.41) is 6.30. The molecule has 1 N–H and O–H groups in total. The zero-order valence-electron chi connectivity index (χ0n) is 11.9. The third kappa shape index (κ3) is 2.79. The molecule has 3 aromatic rings. The van der Waals surface area contributed by atoms with Crippen LogP contribution < -0.4 is 5.43 Å². The zero-order valence-corrected chi connectivity index (χ0v) is 14.2. The highest BCUT2D eigenvalue weighted by Crippen LogP contribution is 2.32. The largest absolute Gasteiger partial charge is 0.261 e. The molecule has 0 saturated carbocycles. The van der Waals surface area contributed by atoms with Crippen LogP contribution in [-0.4, -0.2) is 16.2 Å². The number of rotatable bonds is 3. The lowest BCUT2D eigenvalue weighted by atomic mass is 10.2. The molecule has 7 heteroatoms. The minimum absolute atomic E-state index is 0.549. The first-order valence-corrected chi connectivity index (χ1v) is 8.09. The van der Waals surface area contributed by atoms with Crippen molar-refractivity contribution in [3.8, 4) is 0 Å². The highest BCUT2D eigenvalue weighted by Gasteiger charge is 2.11. The molecule has 0 bridgehead atoms. The Hall–Kier alpha value is -1.69. The van der Waals surface area contributed by atoms with Gasteiger partial charge in [0.05, 0.1) is 21.6 Å². The van der Waals surface area contributed by atoms with Crippen molar-refractivity contribution in [3.05, 3.63) is 50.6 Å². The maximum absolute atomic E-state index is 6.11. The highest BCUT2D eigenvalue weighted by atomic mass is 35.5. The van der Waals surface area contributed by atoms with Gasteiger partial charge in [0.15, 0.2) is 5.82 Å². The number of fused-ring (bicyclic) bond motifs is 1. The lowest BCUT2D eigenvalue weighted by Gasteiger charge is -2.03. The van der Waals surface area contributed by atoms with Crippen LogP contribution in [0.5, 0.6) is 0 Å². The maximum atomic E-state index is 6.11. The van der Waals surface area contributed by atoms with E-state index in [1.54, 1.807) is 35.8 Å². The molecule has 2 aromatic heterocycles. The molecule has 1 aromatic carbocycles. The predicted molar refractivity (Wildman–Crippen MR) is 94.6 cm³/mol. The van der Waals surface area contributed by atoms with Gasteiger partial charge in [-0.25, -0.2) is 9.97 Å². The average molecular weight is 351 g/mol. The summed E-state index contributed by atoms with van der Waals surface area (Å²) < 4.78 is 0. The molecule has 0 aliphatic carbocycles. The van der Waals surface area contributed by atoms with E-state index in [0.717, 1.165) is 15.8 Å². The summed E-state index contributed by atoms with van der Waals surface area (Å²) in [6, 6.07) is 5.33. The molecule has 0 spiro atoms. The summed E-state index contributed by atoms with van der Waals surface area (Å²) in [4.78, 5) is 10.7. The molecule has 0 aliphatic heterocycles. The first kappa shape index (κ1) is 15.2. The highest BCUT2D eigenvalue weighted by molar-refractivity contribution is 7.18. The monoisotopic (exact) mass is 350 g/mol. The van der Waals surface area contributed by atoms with Gasteiger partial charge in [0.2, 0.25) is 0 Å². The quantitative estimate of drug-likeness (QED) is 0.530. The van der Waals surface area contributed by atoms with Gasteiger partial charge >= 0.3 is 0 Å². The van der Waals surface area contributed by atoms with E-state index in [0.29, 0.717) is 21.4 Å². The molecule has 3 rings (SSSR count). The molecule has 0 amide bonds. The molecule has 112 valence electrons. The van der Waals surface area contributed by atoms with Crippen molar-refractivity contribution in [3.63, 3.8) is 0 Å². The molecular formula is C15H12Cl2N4S. The molecule has 22 heavy (non-hydrogen) atoms. The number of thiophene rings is 1. The Kier molecular flexibility index (Phi) is 4.29. The van der Waals surface area contributed by atoms with Crippen LogP contribution in [-0.2, 0) is 0 Å². The number of aryl methyl sites for hydroxylation is 2. The molecule has 0 radical (unpaired) electrons. The summed E-state index contributed by atoms with van der Waals surface area (Å²) in [6.07, 6.45) is 3.12. The number of nitrogens with one attached hydrogen (secondary N) is 1. The second-order valence-electron chi connectivity index (χ2n) is 4.69. The number of hydrazone groups is 1. The first-order valence-electron chi connectivity index (χ1n) is 6.51. The zero-order chi connectivity index (χ0) is 15.7. The van der Waals surface area contributed by atoms with Crippen molar-refractivity contribution in [2.45, 2.75) is 13.8 Å². The van der Waals surface area contributed by atoms with Gasteiger partial charge in [0.1, 0.15) is 11.2 Å². The summed E-state index contributed by atoms with van der Waals surface area (Å²) in [6.45, 7) is 4.12. The minimum Gasteiger partial charge on any atom is -0.261 e. The van der Waals surface area contributed by atoms with Gasteiger partial charge in [0.25, 0.3) is 0 Å². The van der Waals surface area contributed by atoms with Crippen LogP contribution in [0.1, 0.15) is 16.0 Å². The van der Waals surface area contributed by atoms with Crippen LogP contribution >= 0.6 is 34.5 Å². The Morgan fingerprint density at radius 2 is 1.91 bits per heavy atom. The molecule has 0 atom stereocenters. The summed E-state index contributed by atoms with van der Waals surface area (Å²) in [5.74, 6) is 0.672. The van der Waals surface area contributed by atoms with Crippen molar-refractivity contribution in [1.82, 2.24) is 9.97 Å². The van der Waals surface area contributed by atoms with Crippen molar-refractivity contribution < 1.29 is 0 Å². The lowest BCUT2D eigenvalue weighted by Crippen LogP contribution is -1.96. The van der Waals surface area contributed by atoms with E-state index in [2.05, 4.69) is 34.3 Å². The Morgan fingerprint density at radius 3 is 2.64 bits per heavy atom. The third-order valence-corrected chi connectivity index (χ3v) is 5.10. The van der Waals surface area contributed by atoms with Crippen molar-refractivity contribution in [2.75, 3.05) is 5.43 Å². The number of anilines is 1. The molecule has 4 nitrogen and oxygen atoms in total. The second-order valence-corrected chi connectivity index (χ2v) is 6.71. The summed E-state index contributed by atoms with van der Waals surface area (Å²) in [7, 11) is 0. The number of benzene rings is 1. The van der Waals surface area contributed by atoms with Crippen LogP contribution in [0, 0.1) is 13.8 Å². The Balaban J connectivity index is 1.93. The first-order chi connectivity index (χ1) is 10.6. The number of nitrogens with zero attached hydrogens (tertiary/aromatic N) is 3. The van der Waals surface area contributed by atoms with Crippen LogP contribution in [0.4, 0.5) is 5.82 Å². The van der Waals surface area contributed by atoms with E-state index in [1.807, 2.05) is 0 Å². The minimum atomic E-state index is 0.549. The van der Waals surface area contributed by atoms with Gasteiger partial charge in [-0.2, -0.15) is 5.10 Å². The fraction of sp³-hybridized carbons (Fsp3) is 0.133. The fourth-order valence-electron chi connectivity index (χ4n) is 2.06. The van der Waals surface area contributed by atoms with E-state index in [-0.39, 0.29) is 0 Å². The summed E-state index contributed by atoms with van der Waals surface area (Å²) in [5.41, 5.74) is 4.78. The predicted octanol–water partition coefficient (Wildman–Crippen LogP) is 5.06. The Bertz CT molecular complexity index is 853. The van der Waals surface area contributed by atoms with Crippen LogP contribution in [0.15, 0.2) is 29.6 Å². The topological polar surface area (TPSA) is 50.2 Å². The third-order valence-electron chi connectivity index (χ3n) is 3.33.